The van der Waals surface area contributed by atoms with E-state index in [0.29, 0.717) is 154 Å². The molecule has 0 bridgehead atoms. The van der Waals surface area contributed by atoms with Gasteiger partial charge in [-0.3, -0.25) is 19.2 Å². The summed E-state index contributed by atoms with van der Waals surface area (Å²) in [5.41, 5.74) is 7.14. The summed E-state index contributed by atoms with van der Waals surface area (Å²) < 4.78 is 19.7. The molecule has 0 saturated carbocycles. The number of ether oxygens (including phenoxy) is 3. The number of aliphatic hydroxyl groups excluding tert-OH is 1. The third-order valence-electron chi connectivity index (χ3n) is 14.6. The van der Waals surface area contributed by atoms with Crippen LogP contribution in [0.15, 0.2) is 12.4 Å². The smallest absolute Gasteiger partial charge is 0.241 e. The van der Waals surface area contributed by atoms with Crippen molar-refractivity contribution in [2.45, 2.75) is 174 Å². The number of hydrogen-bond donors (Lipinski definition) is 5. The Morgan fingerprint density at radius 2 is 1.02 bits per heavy atom. The number of aromatic nitrogens is 9. The number of nitrogens with zero attached hydrogens (tertiary/aromatic N) is 13. The van der Waals surface area contributed by atoms with E-state index in [1.807, 2.05) is 16.0 Å². The zero-order chi connectivity index (χ0) is 59.0. The molecule has 2 fully saturated rings. The van der Waals surface area contributed by atoms with Gasteiger partial charge in [0.2, 0.25) is 41.5 Å². The number of aryl methyl sites for hydroxylation is 1. The Morgan fingerprint density at radius 3 is 1.52 bits per heavy atom. The molecule has 2 aliphatic rings. The summed E-state index contributed by atoms with van der Waals surface area (Å²) in [6.07, 6.45) is 30.5. The van der Waals surface area contributed by atoms with Gasteiger partial charge >= 0.3 is 0 Å². The Bertz CT molecular complexity index is 2300. The fourth-order valence-electron chi connectivity index (χ4n) is 9.90. The molecule has 0 aromatic carbocycles. The number of amides is 4. The number of piperazine rings is 2. The van der Waals surface area contributed by atoms with Gasteiger partial charge in [0, 0.05) is 104 Å². The van der Waals surface area contributed by atoms with Gasteiger partial charge < -0.3 is 60.6 Å². The lowest BCUT2D eigenvalue weighted by Crippen LogP contribution is -2.50. The van der Waals surface area contributed by atoms with E-state index in [4.69, 9.17) is 41.3 Å². The molecular formula is C58H99N17O8. The Labute approximate surface area is 492 Å². The maximum atomic E-state index is 13.3. The highest BCUT2D eigenvalue weighted by Crippen LogP contribution is 2.21. The van der Waals surface area contributed by atoms with E-state index in [2.05, 4.69) is 52.3 Å². The quantitative estimate of drug-likeness (QED) is 0.0398. The second-order valence-corrected chi connectivity index (χ2v) is 21.7. The molecule has 5 heterocycles. The van der Waals surface area contributed by atoms with E-state index in [0.717, 1.165) is 134 Å². The molecule has 2 saturated heterocycles. The van der Waals surface area contributed by atoms with Crippen LogP contribution < -0.4 is 31.5 Å². The van der Waals surface area contributed by atoms with Gasteiger partial charge in [-0.15, -0.1) is 16.6 Å². The normalized spacial score (nSPS) is 14.0. The summed E-state index contributed by atoms with van der Waals surface area (Å²) in [5.74, 6) is 4.24. The predicted octanol–water partition coefficient (Wildman–Crippen LogP) is 3.70. The molecule has 1 atom stereocenters. The van der Waals surface area contributed by atoms with E-state index in [1.54, 1.807) is 17.8 Å². The van der Waals surface area contributed by atoms with Gasteiger partial charge in [0.25, 0.3) is 0 Å². The fourth-order valence-corrected chi connectivity index (χ4v) is 9.90. The van der Waals surface area contributed by atoms with Gasteiger partial charge in [0.1, 0.15) is 19.7 Å². The first-order valence-electron chi connectivity index (χ1n) is 31.0. The van der Waals surface area contributed by atoms with Gasteiger partial charge in [-0.05, 0) is 58.4 Å². The standard InChI is InChI=1S/C58H99N17O8/c1-3-38-81-40-42-83-43-41-82-39-29-62-56-63-57(72-34-30-70(31-35-72)54(79)24-18-12-8-4-6-10-14-21-27-60-52(77)47-74-45-50(66-68-74)23-17-16-20-26-59)65-58(64-56)73-36-32-71(33-37-73)55(80)25-19-13-9-5-7-11-15-22-28-61-53(78)48-75-46-51(67-69-75)44-49(2)76/h1,45-46,49,76H,4-44,47-48,59H2,2H3,(H,60,77)(H,61,78)(H,62,63,64,65)/t49-/m1/s1. The van der Waals surface area contributed by atoms with E-state index >= 15 is 0 Å². The molecule has 5 rings (SSSR count). The number of carbonyl (C=O) groups excluding carboxylic acids is 4. The second kappa shape index (κ2) is 41.8. The lowest BCUT2D eigenvalue weighted by atomic mass is 10.1. The van der Waals surface area contributed by atoms with Crippen LogP contribution in [0, 0.1) is 12.3 Å². The molecule has 0 aliphatic carbocycles. The van der Waals surface area contributed by atoms with E-state index in [-0.39, 0.29) is 43.3 Å². The van der Waals surface area contributed by atoms with Crippen LogP contribution in [0.2, 0.25) is 0 Å². The second-order valence-electron chi connectivity index (χ2n) is 21.7. The third kappa shape index (κ3) is 29.3. The van der Waals surface area contributed by atoms with Gasteiger partial charge in [0.15, 0.2) is 0 Å². The zero-order valence-corrected chi connectivity index (χ0v) is 49.9. The van der Waals surface area contributed by atoms with E-state index in [1.165, 1.54) is 4.68 Å². The van der Waals surface area contributed by atoms with Gasteiger partial charge in [-0.2, -0.15) is 15.0 Å². The topological polar surface area (TPSA) is 291 Å². The number of nitrogens with one attached hydrogen (secondary N) is 3. The summed E-state index contributed by atoms with van der Waals surface area (Å²) >= 11 is 0. The van der Waals surface area contributed by atoms with Crippen LogP contribution in [0.4, 0.5) is 17.8 Å². The average Bonchev–Trinajstić information content (AvgIpc) is 4.35. The van der Waals surface area contributed by atoms with Crippen LogP contribution in [0.1, 0.15) is 153 Å². The van der Waals surface area contributed by atoms with Crippen molar-refractivity contribution in [2.75, 3.05) is 133 Å². The molecule has 2 aliphatic heterocycles. The van der Waals surface area contributed by atoms with Gasteiger partial charge in [-0.25, -0.2) is 9.36 Å². The van der Waals surface area contributed by atoms with Crippen molar-refractivity contribution in [3.05, 3.63) is 23.8 Å². The molecule has 25 nitrogen and oxygen atoms in total. The molecule has 0 spiro atoms. The van der Waals surface area contributed by atoms with Crippen molar-refractivity contribution >= 4 is 41.5 Å². The van der Waals surface area contributed by atoms with Crippen LogP contribution in [-0.2, 0) is 59.3 Å². The first kappa shape index (κ1) is 67.7. The van der Waals surface area contributed by atoms with Crippen molar-refractivity contribution in [3.8, 4) is 12.3 Å². The molecular weight excluding hydrogens is 1060 g/mol. The maximum Gasteiger partial charge on any atom is 0.241 e. The van der Waals surface area contributed by atoms with E-state index < -0.39 is 6.10 Å². The molecule has 6 N–H and O–H groups in total. The summed E-state index contributed by atoms with van der Waals surface area (Å²) in [6, 6.07) is 0. The minimum atomic E-state index is -0.504. The van der Waals surface area contributed by atoms with Crippen molar-refractivity contribution in [1.29, 1.82) is 0 Å². The Morgan fingerprint density at radius 1 is 0.578 bits per heavy atom. The summed E-state index contributed by atoms with van der Waals surface area (Å²) in [6.45, 7) is 11.7. The molecule has 464 valence electrons. The van der Waals surface area contributed by atoms with Gasteiger partial charge in [-0.1, -0.05) is 99.8 Å². The molecule has 4 amide bonds. The van der Waals surface area contributed by atoms with E-state index in [9.17, 15) is 24.3 Å². The summed E-state index contributed by atoms with van der Waals surface area (Å²) in [4.78, 5) is 74.0. The highest BCUT2D eigenvalue weighted by molar-refractivity contribution is 5.77. The molecule has 25 heteroatoms. The molecule has 0 unspecified atom stereocenters. The number of terminal acetylenes is 1. The first-order chi connectivity index (χ1) is 40.6. The summed E-state index contributed by atoms with van der Waals surface area (Å²) in [5, 5.41) is 35.0. The number of anilines is 3. The van der Waals surface area contributed by atoms with Crippen molar-refractivity contribution in [3.63, 3.8) is 0 Å². The van der Waals surface area contributed by atoms with Crippen molar-refractivity contribution in [1.82, 2.24) is 65.4 Å². The van der Waals surface area contributed by atoms with Crippen LogP contribution in [0.3, 0.4) is 0 Å². The highest BCUT2D eigenvalue weighted by atomic mass is 16.5. The third-order valence-corrected chi connectivity index (χ3v) is 14.6. The van der Waals surface area contributed by atoms with Crippen LogP contribution in [-0.4, -0.2) is 208 Å². The monoisotopic (exact) mass is 1160 g/mol. The maximum absolute atomic E-state index is 13.3. The first-order valence-corrected chi connectivity index (χ1v) is 31.0. The van der Waals surface area contributed by atoms with Crippen LogP contribution in [0.5, 0.6) is 0 Å². The summed E-state index contributed by atoms with van der Waals surface area (Å²) in [7, 11) is 0. The Balaban J connectivity index is 0.931. The van der Waals surface area contributed by atoms with Crippen LogP contribution in [0.25, 0.3) is 0 Å². The van der Waals surface area contributed by atoms with Crippen LogP contribution >= 0.6 is 0 Å². The van der Waals surface area contributed by atoms with Crippen molar-refractivity contribution in [2.24, 2.45) is 5.73 Å². The Kier molecular flexibility index (Phi) is 34.1. The average molecular weight is 1160 g/mol. The predicted molar refractivity (Wildman–Crippen MR) is 318 cm³/mol. The molecule has 3 aromatic rings. The minimum Gasteiger partial charge on any atom is -0.393 e. The number of carbonyl (C=O) groups is 4. The largest absolute Gasteiger partial charge is 0.393 e. The minimum absolute atomic E-state index is 0.0433. The highest BCUT2D eigenvalue weighted by Gasteiger charge is 2.27. The number of unbranched alkanes of at least 4 members (excludes halogenated alkanes) is 16. The number of hydrogen-bond acceptors (Lipinski definition) is 19. The lowest BCUT2D eigenvalue weighted by Gasteiger charge is -2.36. The zero-order valence-electron chi connectivity index (χ0n) is 49.9. The number of nitrogens with two attached hydrogens (primary N) is 1. The fraction of sp³-hybridized carbons (Fsp3) is 0.776. The molecule has 83 heavy (non-hydrogen) atoms. The number of rotatable bonds is 46. The molecule has 0 radical (unpaired) electrons. The SMILES string of the molecule is C#CCOCCOCCOCCNc1nc(N2CCN(C(=O)CCCCCCCCCCNC(=O)Cn3cc(CCCCCN)nn3)CC2)nc(N2CCN(C(=O)CCCCCCCCCCNC(=O)Cn3cc(C[C@@H](C)O)nn3)CC2)n1. The molecule has 3 aromatic heterocycles. The van der Waals surface area contributed by atoms with Gasteiger partial charge in [0.05, 0.1) is 50.5 Å². The van der Waals surface area contributed by atoms with Crippen molar-refractivity contribution < 1.29 is 38.5 Å². The lowest BCUT2D eigenvalue weighted by molar-refractivity contribution is -0.132. The Hall–Kier alpha value is -6.07. The number of aliphatic hydroxyl groups is 1.